The number of benzene rings is 4. The van der Waals surface area contributed by atoms with E-state index in [2.05, 4.69) is 74.4 Å². The fraction of sp³-hybridized carbons (Fsp3) is 0.517. The molecule has 718 valence electrons. The summed E-state index contributed by atoms with van der Waals surface area (Å²) in [5.74, 6) is -25.2. The normalized spacial score (nSPS) is 26.5. The molecule has 0 spiro atoms. The number of fused-ring (bicyclic) bond motifs is 6. The van der Waals surface area contributed by atoms with Gasteiger partial charge < -0.3 is 122 Å². The minimum atomic E-state index is -2.21. The average Bonchev–Trinajstić information content (AvgIpc) is 0.821. The molecule has 17 atom stereocenters. The highest BCUT2D eigenvalue weighted by molar-refractivity contribution is 7.98. The number of carboxylic acids is 4. The molecule has 2 heterocycles. The molecule has 0 aromatic heterocycles. The predicted octanol–water partition coefficient (Wildman–Crippen LogP) is -5.09. The molecular weight excluding hydrogens is 1740 g/mol. The molecule has 0 saturated heterocycles. The van der Waals surface area contributed by atoms with Crippen molar-refractivity contribution in [3.05, 3.63) is 119 Å². The standard InChI is InChI=1S/C87H119N19O25S/c1-44(88)73(119)101-63-39-106(8)37-48-27-47-28-49(29-48)40-132-41-64(102-74(120)45(2)92-78(124)58(31-51-19-14-18-50-17-12-13-20-53(50)51)96-75(121)54(22-25-67(110)111)93-77(123)56(33-66(89)109)91-42-87(6,43-107)104-84(63)130)83(129)94-55(23-26-68(112)113)76(122)98-60(34-69(114)115)81(127)95-57(30-46-15-10-9-11-16-46)79(125)97-59(32-52-21-24-65(52)108)80(126)99-61(35-70(116)117)82(128)103-71(86(3,4)5)85(131)100-62(72(90)118)38-105(7)36-47/h9-20,27-29,43-45,52,54-65,71,91,108H,21-26,30-42,88H2,1-8H3,(H2,89,109)(H2,90,118)(H,92,124)(H,93,123)(H,94,129)(H,95,127)(H,96,121)(H,97,125)(H,98,122)(H,99,126)(H,100,131)(H,101,119)(H,102,120)(H,103,128)(H,104,130)(H,110,111)(H,112,113)(H,114,115)(H,116,117)/t44-,45+,52?,54-,55-,56-,57-,58-,59-,60-,61-,62-,63-,64+,65-,71+,87+/m0/s1. The van der Waals surface area contributed by atoms with Crippen LogP contribution < -0.4 is 91.6 Å². The largest absolute Gasteiger partial charge is 0.481 e. The van der Waals surface area contributed by atoms with E-state index >= 15 is 14.4 Å². The monoisotopic (exact) mass is 1860 g/mol. The summed E-state index contributed by atoms with van der Waals surface area (Å²) in [5, 5.41) is 87.7. The van der Waals surface area contributed by atoms with Crippen molar-refractivity contribution in [2.24, 2.45) is 28.5 Å². The Morgan fingerprint density at radius 1 is 0.545 bits per heavy atom. The molecule has 15 amide bonds. The van der Waals surface area contributed by atoms with Gasteiger partial charge in [0.15, 0.2) is 0 Å². The molecule has 1 saturated carbocycles. The van der Waals surface area contributed by atoms with Crippen LogP contribution in [0.3, 0.4) is 0 Å². The Kier molecular flexibility index (Phi) is 39.5. The lowest BCUT2D eigenvalue weighted by Crippen LogP contribution is -2.63. The van der Waals surface area contributed by atoms with Crippen molar-refractivity contribution < 1.29 is 121 Å². The molecule has 45 heteroatoms. The van der Waals surface area contributed by atoms with Gasteiger partial charge in [0, 0.05) is 69.9 Å². The van der Waals surface area contributed by atoms with Crippen molar-refractivity contribution in [2.75, 3.05) is 39.5 Å². The maximum Gasteiger partial charge on any atom is 0.305 e. The number of carbonyl (C=O) groups excluding carboxylic acids is 16. The van der Waals surface area contributed by atoms with Crippen molar-refractivity contribution in [1.29, 1.82) is 0 Å². The first-order chi connectivity index (χ1) is 62.1. The van der Waals surface area contributed by atoms with Gasteiger partial charge in [-0.25, -0.2) is 0 Å². The van der Waals surface area contributed by atoms with Crippen molar-refractivity contribution >= 4 is 141 Å². The topological polar surface area (TPSA) is 696 Å². The van der Waals surface area contributed by atoms with Gasteiger partial charge >= 0.3 is 23.9 Å². The van der Waals surface area contributed by atoms with E-state index in [0.29, 0.717) is 45.0 Å². The summed E-state index contributed by atoms with van der Waals surface area (Å²) in [6.45, 7) is 6.57. The van der Waals surface area contributed by atoms with Gasteiger partial charge in [-0.15, -0.1) is 0 Å². The van der Waals surface area contributed by atoms with E-state index in [4.69, 9.17) is 17.2 Å². The van der Waals surface area contributed by atoms with Crippen LogP contribution in [0.4, 0.5) is 0 Å². The number of primary amides is 2. The summed E-state index contributed by atoms with van der Waals surface area (Å²) >= 11 is 0.945. The third-order valence-corrected chi connectivity index (χ3v) is 23.3. The van der Waals surface area contributed by atoms with Gasteiger partial charge in [-0.05, 0) is 117 Å². The number of aliphatic carboxylic acids is 4. The number of nitrogens with one attached hydrogen (secondary N) is 14. The van der Waals surface area contributed by atoms with Crippen LogP contribution in [0.25, 0.3) is 10.8 Å². The Bertz CT molecular complexity index is 4920. The Hall–Kier alpha value is -13.1. The number of carboxylic acid groups (broad SMARTS) is 4. The lowest BCUT2D eigenvalue weighted by molar-refractivity contribution is -0.143. The number of amides is 15. The molecule has 4 aromatic carbocycles. The zero-order valence-corrected chi connectivity index (χ0v) is 75.2. The number of thioether (sulfide) groups is 1. The van der Waals surface area contributed by atoms with E-state index in [9.17, 15) is 107 Å². The Labute approximate surface area is 763 Å². The summed E-state index contributed by atoms with van der Waals surface area (Å²) < 4.78 is 0. The first kappa shape index (κ1) is 106. The molecule has 3 aliphatic rings. The highest BCUT2D eigenvalue weighted by Gasteiger charge is 2.43. The molecule has 1 aliphatic carbocycles. The first-order valence-corrected chi connectivity index (χ1v) is 43.9. The van der Waals surface area contributed by atoms with Gasteiger partial charge in [-0.2, -0.15) is 11.8 Å². The van der Waals surface area contributed by atoms with Crippen LogP contribution in [0.5, 0.6) is 0 Å². The predicted molar refractivity (Wildman–Crippen MR) is 474 cm³/mol. The molecule has 4 bridgehead atoms. The number of carbonyl (C=O) groups is 20. The lowest BCUT2D eigenvalue weighted by atomic mass is 9.77. The Balaban J connectivity index is 1.42. The van der Waals surface area contributed by atoms with Crippen LogP contribution in [0.2, 0.25) is 0 Å². The molecule has 2 aliphatic heterocycles. The Morgan fingerprint density at radius 3 is 1.58 bits per heavy atom. The number of rotatable bonds is 22. The van der Waals surface area contributed by atoms with E-state index in [-0.39, 0.29) is 51.1 Å². The smallest absolute Gasteiger partial charge is 0.305 e. The van der Waals surface area contributed by atoms with Crippen LogP contribution in [0.15, 0.2) is 91.0 Å². The molecule has 4 aromatic rings. The van der Waals surface area contributed by atoms with Gasteiger partial charge in [0.05, 0.1) is 37.5 Å². The minimum absolute atomic E-state index is 0.118. The number of nitrogens with zero attached hydrogens (tertiary/aromatic N) is 2. The van der Waals surface area contributed by atoms with Gasteiger partial charge in [-0.1, -0.05) is 112 Å². The maximum atomic E-state index is 15.4. The van der Waals surface area contributed by atoms with Gasteiger partial charge in [0.1, 0.15) is 84.3 Å². The van der Waals surface area contributed by atoms with Gasteiger partial charge in [0.2, 0.25) is 88.6 Å². The zero-order chi connectivity index (χ0) is 97.8. The van der Waals surface area contributed by atoms with E-state index in [1.54, 1.807) is 88.7 Å². The summed E-state index contributed by atoms with van der Waals surface area (Å²) in [5.41, 5.74) is 16.4. The second-order valence-electron chi connectivity index (χ2n) is 34.8. The third-order valence-electron chi connectivity index (χ3n) is 22.2. The summed E-state index contributed by atoms with van der Waals surface area (Å²) in [7, 11) is 3.06. The number of hydrogen-bond acceptors (Lipinski definition) is 26. The second kappa shape index (κ2) is 49.2. The summed E-state index contributed by atoms with van der Waals surface area (Å²) in [6, 6.07) is -0.265. The van der Waals surface area contributed by atoms with Crippen molar-refractivity contribution in [3.63, 3.8) is 0 Å². The maximum absolute atomic E-state index is 15.4. The zero-order valence-electron chi connectivity index (χ0n) is 74.3. The third kappa shape index (κ3) is 33.4. The molecule has 7 rings (SSSR count). The van der Waals surface area contributed by atoms with Crippen LogP contribution >= 0.6 is 11.8 Å². The number of aliphatic hydroxyl groups is 1. The van der Waals surface area contributed by atoms with E-state index in [1.165, 1.54) is 67.8 Å². The quantitative estimate of drug-likeness (QED) is 0.0327. The molecule has 1 unspecified atom stereocenters. The van der Waals surface area contributed by atoms with Crippen LogP contribution in [-0.2, 0) is 128 Å². The van der Waals surface area contributed by atoms with E-state index in [1.807, 2.05) is 0 Å². The highest BCUT2D eigenvalue weighted by Crippen LogP contribution is 2.32. The SMILES string of the molecule is C[C@H](N)C(=O)N[C@H]1CN(C)Cc2cc3cc(c2)CN(C)C[C@@H](C(N)=O)NC(=O)[C@H](C(C)(C)C)NC(=O)[C@H](CC(=O)O)NC(=O)[C@H](CC2CC[C@@H]2O)NC(=O)[C@H](Cc2ccccc2)NC(=O)[C@H](CC(=O)O)NC(=O)[C@H](CCC(=O)O)NC(=O)[C@@H](CSC3)NC(=O)[C@@H](C)NC(=O)[C@H](Cc2cccc3ccccc23)NC(=O)[C@H](CCC(=O)O)NC(=O)[C@H](CC(N)=O)NC[C@](C)(C=O)NC1=O. The number of likely N-dealkylation sites (N-methyl/N-ethyl adjacent to an activating group) is 2. The fourth-order valence-corrected chi connectivity index (χ4v) is 15.8. The number of aliphatic hydroxyl groups excluding tert-OH is 1. The lowest BCUT2D eigenvalue weighted by Gasteiger charge is -2.36. The summed E-state index contributed by atoms with van der Waals surface area (Å²) in [4.78, 5) is 285. The van der Waals surface area contributed by atoms with Crippen molar-refractivity contribution in [3.8, 4) is 0 Å². The second-order valence-corrected chi connectivity index (χ2v) is 35.8. The molecule has 25 N–H and O–H groups in total. The van der Waals surface area contributed by atoms with Crippen LogP contribution in [0.1, 0.15) is 134 Å². The van der Waals surface area contributed by atoms with E-state index in [0.717, 1.165) is 11.8 Å². The van der Waals surface area contributed by atoms with E-state index < -0.39 is 290 Å². The Morgan fingerprint density at radius 2 is 1.04 bits per heavy atom. The van der Waals surface area contributed by atoms with Gasteiger partial charge in [-0.3, -0.25) is 101 Å². The molecule has 1 fully saturated rings. The highest BCUT2D eigenvalue weighted by atomic mass is 32.2. The molecular formula is C87H119N19O25S. The molecule has 44 nitrogen and oxygen atoms in total. The molecule has 0 radical (unpaired) electrons. The molecule has 132 heavy (non-hydrogen) atoms. The van der Waals surface area contributed by atoms with Crippen molar-refractivity contribution in [1.82, 2.24) is 84.2 Å². The van der Waals surface area contributed by atoms with Gasteiger partial charge in [0.25, 0.3) is 0 Å². The van der Waals surface area contributed by atoms with Crippen LogP contribution in [-0.4, -0.2) is 290 Å². The number of hydrogen-bond donors (Lipinski definition) is 22. The van der Waals surface area contributed by atoms with Crippen LogP contribution in [0, 0.1) is 11.3 Å². The number of nitrogens with two attached hydrogens (primary N) is 3. The van der Waals surface area contributed by atoms with Crippen molar-refractivity contribution in [2.45, 2.75) is 234 Å². The summed E-state index contributed by atoms with van der Waals surface area (Å²) in [6.07, 6.45) is -7.90. The fourth-order valence-electron chi connectivity index (χ4n) is 14.9. The average molecular weight is 1860 g/mol. The minimum Gasteiger partial charge on any atom is -0.481 e. The number of aldehydes is 1. The first-order valence-electron chi connectivity index (χ1n) is 42.7.